The molecule has 1 aliphatic rings. The Balaban J connectivity index is 2.17. The Bertz CT molecular complexity index is 83.7. The van der Waals surface area contributed by atoms with Gasteiger partial charge in [0.1, 0.15) is 6.61 Å². The molecule has 0 atom stereocenters. The summed E-state index contributed by atoms with van der Waals surface area (Å²) in [5.41, 5.74) is 0. The molecule has 0 saturated carbocycles. The van der Waals surface area contributed by atoms with Crippen LogP contribution in [0.15, 0.2) is 0 Å². The van der Waals surface area contributed by atoms with Crippen LogP contribution in [0.5, 0.6) is 0 Å². The van der Waals surface area contributed by atoms with E-state index in [1.807, 2.05) is 0 Å². The minimum absolute atomic E-state index is 0.221. The standard InChI is InChI=1S/C2H4O4P/c3-1-2-5-7(4)6-2/h2-3H,1H2/q+1. The Kier molecular flexibility index (Phi) is 1.35. The summed E-state index contributed by atoms with van der Waals surface area (Å²) in [7, 11) is -1.87. The predicted molar refractivity (Wildman–Crippen MR) is 20.7 cm³/mol. The van der Waals surface area contributed by atoms with Crippen LogP contribution in [0.25, 0.3) is 0 Å². The summed E-state index contributed by atoms with van der Waals surface area (Å²) in [6, 6.07) is 0. The maximum atomic E-state index is 9.86. The second-order valence-electron chi connectivity index (χ2n) is 1.05. The second-order valence-corrected chi connectivity index (χ2v) is 1.92. The van der Waals surface area contributed by atoms with Crippen LogP contribution in [-0.2, 0) is 13.6 Å². The van der Waals surface area contributed by atoms with Crippen molar-refractivity contribution >= 4 is 8.25 Å². The Hall–Kier alpha value is -0.0200. The van der Waals surface area contributed by atoms with Gasteiger partial charge in [0.15, 0.2) is 0 Å². The highest BCUT2D eigenvalue weighted by molar-refractivity contribution is 7.34. The molecule has 0 unspecified atom stereocenters. The van der Waals surface area contributed by atoms with E-state index in [1.54, 1.807) is 0 Å². The first-order valence-corrected chi connectivity index (χ1v) is 2.84. The van der Waals surface area contributed by atoms with Gasteiger partial charge in [-0.25, -0.2) is 0 Å². The maximum Gasteiger partial charge on any atom is 0.703 e. The van der Waals surface area contributed by atoms with E-state index in [2.05, 4.69) is 9.05 Å². The molecular weight excluding hydrogens is 119 g/mol. The Morgan fingerprint density at radius 3 is 2.43 bits per heavy atom. The molecule has 1 rings (SSSR count). The molecule has 0 aliphatic carbocycles. The van der Waals surface area contributed by atoms with Crippen molar-refractivity contribution in [1.29, 1.82) is 0 Å². The molecule has 7 heavy (non-hydrogen) atoms. The van der Waals surface area contributed by atoms with E-state index in [4.69, 9.17) is 5.11 Å². The average molecular weight is 123 g/mol. The normalized spacial score (nSPS) is 35.0. The van der Waals surface area contributed by atoms with Crippen LogP contribution in [0.1, 0.15) is 0 Å². The molecule has 0 amide bonds. The fourth-order valence-corrected chi connectivity index (χ4v) is 0.800. The first kappa shape index (κ1) is 5.12. The van der Waals surface area contributed by atoms with Crippen LogP contribution in [0.3, 0.4) is 0 Å². The third kappa shape index (κ3) is 0.951. The highest BCUT2D eigenvalue weighted by Crippen LogP contribution is 2.38. The number of aliphatic hydroxyl groups is 1. The summed E-state index contributed by atoms with van der Waals surface area (Å²) < 4.78 is 18.5. The zero-order valence-corrected chi connectivity index (χ0v) is 4.30. The van der Waals surface area contributed by atoms with Gasteiger partial charge in [-0.05, 0) is 0 Å². The molecule has 1 fully saturated rings. The highest BCUT2D eigenvalue weighted by atomic mass is 31.1. The number of hydrogen-bond donors (Lipinski definition) is 1. The van der Waals surface area contributed by atoms with Gasteiger partial charge < -0.3 is 5.11 Å². The van der Waals surface area contributed by atoms with Gasteiger partial charge in [-0.15, -0.1) is 0 Å². The van der Waals surface area contributed by atoms with E-state index in [-0.39, 0.29) is 6.61 Å². The van der Waals surface area contributed by atoms with E-state index in [0.717, 1.165) is 0 Å². The summed E-state index contributed by atoms with van der Waals surface area (Å²) >= 11 is 0. The predicted octanol–water partition coefficient (Wildman–Crippen LogP) is 0.00900. The minimum Gasteiger partial charge on any atom is -0.391 e. The summed E-state index contributed by atoms with van der Waals surface area (Å²) in [5.74, 6) is 0. The van der Waals surface area contributed by atoms with Gasteiger partial charge in [-0.1, -0.05) is 9.05 Å². The SMILES string of the molecule is O=[P+]1OC(CO)O1. The first-order valence-electron chi connectivity index (χ1n) is 1.74. The van der Waals surface area contributed by atoms with Crippen molar-refractivity contribution in [2.75, 3.05) is 6.61 Å². The molecular formula is C2H4O4P+. The van der Waals surface area contributed by atoms with Gasteiger partial charge in [0.2, 0.25) is 0 Å². The average Bonchev–Trinajstić information content (AvgIpc) is 1.58. The molecule has 1 N–H and O–H groups in total. The summed E-state index contributed by atoms with van der Waals surface area (Å²) in [4.78, 5) is 0. The van der Waals surface area contributed by atoms with Crippen molar-refractivity contribution in [3.8, 4) is 0 Å². The first-order chi connectivity index (χ1) is 3.33. The zero-order valence-electron chi connectivity index (χ0n) is 3.40. The summed E-state index contributed by atoms with van der Waals surface area (Å²) in [5, 5.41) is 8.13. The summed E-state index contributed by atoms with van der Waals surface area (Å²) in [6.45, 7) is -0.221. The number of hydrogen-bond acceptors (Lipinski definition) is 4. The molecule has 1 saturated heterocycles. The van der Waals surface area contributed by atoms with Gasteiger partial charge in [0, 0.05) is 4.57 Å². The molecule has 4 nitrogen and oxygen atoms in total. The zero-order chi connectivity index (χ0) is 5.28. The molecule has 1 aliphatic heterocycles. The molecule has 0 aromatic heterocycles. The van der Waals surface area contributed by atoms with E-state index in [0.29, 0.717) is 0 Å². The number of aliphatic hydroxyl groups excluding tert-OH is 1. The summed E-state index contributed by atoms with van der Waals surface area (Å²) in [6.07, 6.45) is -0.636. The Morgan fingerprint density at radius 1 is 1.71 bits per heavy atom. The fourth-order valence-electron chi connectivity index (χ4n) is 0.267. The van der Waals surface area contributed by atoms with Crippen LogP contribution in [0.4, 0.5) is 0 Å². The molecule has 0 aromatic carbocycles. The minimum atomic E-state index is -1.87. The lowest BCUT2D eigenvalue weighted by Crippen LogP contribution is -2.23. The lowest BCUT2D eigenvalue weighted by Gasteiger charge is -2.05. The quantitative estimate of drug-likeness (QED) is 0.499. The monoisotopic (exact) mass is 123 g/mol. The third-order valence-electron chi connectivity index (χ3n) is 0.556. The fraction of sp³-hybridized carbons (Fsp3) is 1.00. The Labute approximate surface area is 41.0 Å². The largest absolute Gasteiger partial charge is 0.703 e. The highest BCUT2D eigenvalue weighted by Gasteiger charge is 2.44. The maximum absolute atomic E-state index is 9.86. The van der Waals surface area contributed by atoms with Gasteiger partial charge in [-0.2, -0.15) is 0 Å². The van der Waals surface area contributed by atoms with Gasteiger partial charge >= 0.3 is 8.25 Å². The van der Waals surface area contributed by atoms with Crippen LogP contribution >= 0.6 is 8.25 Å². The van der Waals surface area contributed by atoms with Crippen molar-refractivity contribution in [2.24, 2.45) is 0 Å². The smallest absolute Gasteiger partial charge is 0.391 e. The second kappa shape index (κ2) is 1.84. The van der Waals surface area contributed by atoms with Crippen LogP contribution in [0.2, 0.25) is 0 Å². The lowest BCUT2D eigenvalue weighted by atomic mass is 10.7. The van der Waals surface area contributed by atoms with Crippen molar-refractivity contribution in [2.45, 2.75) is 6.29 Å². The number of rotatable bonds is 1. The molecule has 0 spiro atoms. The van der Waals surface area contributed by atoms with Crippen molar-refractivity contribution in [3.63, 3.8) is 0 Å². The molecule has 0 radical (unpaired) electrons. The van der Waals surface area contributed by atoms with E-state index in [1.165, 1.54) is 0 Å². The van der Waals surface area contributed by atoms with E-state index in [9.17, 15) is 4.57 Å². The molecule has 1 heterocycles. The van der Waals surface area contributed by atoms with Gasteiger partial charge in [0.25, 0.3) is 6.29 Å². The van der Waals surface area contributed by atoms with Crippen LogP contribution in [0, 0.1) is 0 Å². The van der Waals surface area contributed by atoms with Gasteiger partial charge in [0.05, 0.1) is 0 Å². The van der Waals surface area contributed by atoms with E-state index >= 15 is 0 Å². The molecule has 0 bridgehead atoms. The van der Waals surface area contributed by atoms with Crippen molar-refractivity contribution in [3.05, 3.63) is 0 Å². The van der Waals surface area contributed by atoms with Crippen molar-refractivity contribution < 1.29 is 18.7 Å². The topological polar surface area (TPSA) is 55.8 Å². The molecule has 40 valence electrons. The van der Waals surface area contributed by atoms with Gasteiger partial charge in [-0.3, -0.25) is 0 Å². The third-order valence-corrected chi connectivity index (χ3v) is 1.37. The molecule has 5 heteroatoms. The Morgan fingerprint density at radius 2 is 2.29 bits per heavy atom. The van der Waals surface area contributed by atoms with Crippen LogP contribution in [-0.4, -0.2) is 18.0 Å². The molecule has 0 aromatic rings. The lowest BCUT2D eigenvalue weighted by molar-refractivity contribution is -0.105. The van der Waals surface area contributed by atoms with Crippen LogP contribution < -0.4 is 0 Å². The van der Waals surface area contributed by atoms with E-state index < -0.39 is 14.5 Å². The van der Waals surface area contributed by atoms with Crippen molar-refractivity contribution in [1.82, 2.24) is 0 Å².